The number of ether oxygens (including phenoxy) is 1. The van der Waals surface area contributed by atoms with Gasteiger partial charge >= 0.3 is 5.97 Å². The molecule has 1 amide bonds. The summed E-state index contributed by atoms with van der Waals surface area (Å²) in [6.45, 7) is 1.75. The number of hydrogen-bond donors (Lipinski definition) is 0. The van der Waals surface area contributed by atoms with E-state index in [0.717, 1.165) is 21.5 Å². The molecule has 6 nitrogen and oxygen atoms in total. The summed E-state index contributed by atoms with van der Waals surface area (Å²) in [5.41, 5.74) is 0.433. The monoisotopic (exact) mass is 425 g/mol. The zero-order chi connectivity index (χ0) is 21.3. The van der Waals surface area contributed by atoms with Gasteiger partial charge in [0.15, 0.2) is 16.4 Å². The zero-order valence-corrected chi connectivity index (χ0v) is 17.5. The third-order valence-corrected chi connectivity index (χ3v) is 7.36. The van der Waals surface area contributed by atoms with Gasteiger partial charge in [0.25, 0.3) is 5.91 Å². The first-order chi connectivity index (χ1) is 14.4. The van der Waals surface area contributed by atoms with Gasteiger partial charge in [-0.3, -0.25) is 4.79 Å². The molecule has 0 N–H and O–H groups in total. The SMILES string of the molecule is CCN(C(=O)COC(=O)c1c2ccccc2cc2ccccc12)C1CCS(=O)(=O)C1. The summed E-state index contributed by atoms with van der Waals surface area (Å²) in [7, 11) is -3.11. The van der Waals surface area contributed by atoms with Crippen LogP contribution in [0, 0.1) is 0 Å². The summed E-state index contributed by atoms with van der Waals surface area (Å²) in [4.78, 5) is 27.2. The molecule has 1 fully saturated rings. The van der Waals surface area contributed by atoms with Crippen molar-refractivity contribution in [3.63, 3.8) is 0 Å². The summed E-state index contributed by atoms with van der Waals surface area (Å²) in [5.74, 6) is -0.888. The minimum Gasteiger partial charge on any atom is -0.452 e. The lowest BCUT2D eigenvalue weighted by molar-refractivity contribution is -0.136. The van der Waals surface area contributed by atoms with Gasteiger partial charge in [-0.25, -0.2) is 13.2 Å². The van der Waals surface area contributed by atoms with Crippen LogP contribution in [0.15, 0.2) is 54.6 Å². The Morgan fingerprint density at radius 2 is 1.63 bits per heavy atom. The number of esters is 1. The molecule has 1 heterocycles. The van der Waals surface area contributed by atoms with Gasteiger partial charge < -0.3 is 9.64 Å². The van der Waals surface area contributed by atoms with E-state index in [1.54, 1.807) is 6.92 Å². The minimum atomic E-state index is -3.11. The maximum absolute atomic E-state index is 13.0. The number of rotatable bonds is 5. The van der Waals surface area contributed by atoms with Gasteiger partial charge in [-0.05, 0) is 41.0 Å². The van der Waals surface area contributed by atoms with E-state index in [9.17, 15) is 18.0 Å². The molecular formula is C23H23NO5S. The van der Waals surface area contributed by atoms with E-state index in [4.69, 9.17) is 4.74 Å². The van der Waals surface area contributed by atoms with E-state index >= 15 is 0 Å². The Morgan fingerprint density at radius 1 is 1.03 bits per heavy atom. The second-order valence-electron chi connectivity index (χ2n) is 7.51. The average Bonchev–Trinajstić information content (AvgIpc) is 3.10. The summed E-state index contributed by atoms with van der Waals surface area (Å²) >= 11 is 0. The molecule has 7 heteroatoms. The van der Waals surface area contributed by atoms with Crippen LogP contribution in [0.4, 0.5) is 0 Å². The van der Waals surface area contributed by atoms with Crippen molar-refractivity contribution in [3.05, 3.63) is 60.2 Å². The van der Waals surface area contributed by atoms with E-state index in [1.165, 1.54) is 4.90 Å². The minimum absolute atomic E-state index is 0.0332. The van der Waals surface area contributed by atoms with Crippen LogP contribution in [0.2, 0.25) is 0 Å². The number of fused-ring (bicyclic) bond motifs is 2. The first kappa shape index (κ1) is 20.3. The zero-order valence-electron chi connectivity index (χ0n) is 16.7. The van der Waals surface area contributed by atoms with Gasteiger partial charge in [0, 0.05) is 12.6 Å². The number of amides is 1. The van der Waals surface area contributed by atoms with Crippen molar-refractivity contribution in [3.8, 4) is 0 Å². The first-order valence-corrected chi connectivity index (χ1v) is 11.8. The molecule has 3 aromatic carbocycles. The van der Waals surface area contributed by atoms with E-state index in [2.05, 4.69) is 0 Å². The fourth-order valence-corrected chi connectivity index (χ4v) is 5.91. The van der Waals surface area contributed by atoms with Crippen LogP contribution in [0.3, 0.4) is 0 Å². The van der Waals surface area contributed by atoms with Crippen molar-refractivity contribution in [2.75, 3.05) is 24.7 Å². The fourth-order valence-electron chi connectivity index (χ4n) is 4.18. The molecular weight excluding hydrogens is 402 g/mol. The van der Waals surface area contributed by atoms with Gasteiger partial charge in [0.05, 0.1) is 17.1 Å². The van der Waals surface area contributed by atoms with Crippen LogP contribution in [0.25, 0.3) is 21.5 Å². The standard InChI is InChI=1S/C23H23NO5S/c1-2-24(18-11-12-30(27,28)15-18)21(25)14-29-23(26)22-19-9-5-3-7-16(19)13-17-8-4-6-10-20(17)22/h3-10,13,18H,2,11-12,14-15H2,1H3. The van der Waals surface area contributed by atoms with E-state index in [1.807, 2.05) is 54.6 Å². The van der Waals surface area contributed by atoms with Crippen molar-refractivity contribution >= 4 is 43.3 Å². The number of benzene rings is 3. The van der Waals surface area contributed by atoms with Gasteiger partial charge in [-0.15, -0.1) is 0 Å². The molecule has 0 bridgehead atoms. The van der Waals surface area contributed by atoms with Crippen LogP contribution in [-0.4, -0.2) is 55.9 Å². The number of likely N-dealkylation sites (N-methyl/N-ethyl adjacent to an activating group) is 1. The Hall–Kier alpha value is -2.93. The topological polar surface area (TPSA) is 80.8 Å². The predicted molar refractivity (Wildman–Crippen MR) is 116 cm³/mol. The molecule has 156 valence electrons. The number of sulfone groups is 1. The van der Waals surface area contributed by atoms with Crippen molar-refractivity contribution in [1.82, 2.24) is 4.90 Å². The highest BCUT2D eigenvalue weighted by molar-refractivity contribution is 7.91. The van der Waals surface area contributed by atoms with E-state index in [-0.39, 0.29) is 23.5 Å². The largest absolute Gasteiger partial charge is 0.452 e. The molecule has 0 spiro atoms. The molecule has 1 atom stereocenters. The first-order valence-electron chi connectivity index (χ1n) is 9.97. The third kappa shape index (κ3) is 3.89. The van der Waals surface area contributed by atoms with E-state index < -0.39 is 22.4 Å². The molecule has 0 aliphatic carbocycles. The molecule has 1 aliphatic heterocycles. The molecule has 0 aromatic heterocycles. The van der Waals surface area contributed by atoms with Crippen molar-refractivity contribution in [2.45, 2.75) is 19.4 Å². The van der Waals surface area contributed by atoms with Gasteiger partial charge in [-0.1, -0.05) is 48.5 Å². The highest BCUT2D eigenvalue weighted by atomic mass is 32.2. The molecule has 1 aliphatic rings. The van der Waals surface area contributed by atoms with Crippen LogP contribution in [0.1, 0.15) is 23.7 Å². The summed E-state index contributed by atoms with van der Waals surface area (Å²) < 4.78 is 28.9. The van der Waals surface area contributed by atoms with Gasteiger partial charge in [-0.2, -0.15) is 0 Å². The Balaban J connectivity index is 1.58. The fraction of sp³-hybridized carbons (Fsp3) is 0.304. The maximum atomic E-state index is 13.0. The maximum Gasteiger partial charge on any atom is 0.339 e. The number of carbonyl (C=O) groups excluding carboxylic acids is 2. The lowest BCUT2D eigenvalue weighted by Crippen LogP contribution is -2.43. The Kier molecular flexibility index (Phi) is 5.47. The van der Waals surface area contributed by atoms with Crippen LogP contribution in [-0.2, 0) is 19.4 Å². The Labute approximate surface area is 175 Å². The second kappa shape index (κ2) is 8.07. The third-order valence-electron chi connectivity index (χ3n) is 5.61. The molecule has 0 radical (unpaired) electrons. The van der Waals surface area contributed by atoms with Crippen LogP contribution in [0.5, 0.6) is 0 Å². The second-order valence-corrected chi connectivity index (χ2v) is 9.74. The summed E-state index contributed by atoms with van der Waals surface area (Å²) in [6.07, 6.45) is 0.420. The Morgan fingerprint density at radius 3 is 2.17 bits per heavy atom. The summed E-state index contributed by atoms with van der Waals surface area (Å²) in [5, 5.41) is 3.37. The summed E-state index contributed by atoms with van der Waals surface area (Å²) in [6, 6.07) is 16.8. The molecule has 1 unspecified atom stereocenters. The highest BCUT2D eigenvalue weighted by Crippen LogP contribution is 2.29. The molecule has 3 aromatic rings. The van der Waals surface area contributed by atoms with Crippen molar-refractivity contribution in [2.24, 2.45) is 0 Å². The molecule has 1 saturated heterocycles. The Bertz CT molecular complexity index is 1180. The van der Waals surface area contributed by atoms with Gasteiger partial charge in [0.1, 0.15) is 0 Å². The number of nitrogens with zero attached hydrogens (tertiary/aromatic N) is 1. The molecule has 4 rings (SSSR count). The van der Waals surface area contributed by atoms with Crippen molar-refractivity contribution in [1.29, 1.82) is 0 Å². The number of carbonyl (C=O) groups is 2. The smallest absolute Gasteiger partial charge is 0.339 e. The van der Waals surface area contributed by atoms with E-state index in [0.29, 0.717) is 18.5 Å². The van der Waals surface area contributed by atoms with Crippen molar-refractivity contribution < 1.29 is 22.7 Å². The highest BCUT2D eigenvalue weighted by Gasteiger charge is 2.34. The number of hydrogen-bond acceptors (Lipinski definition) is 5. The quantitative estimate of drug-likeness (QED) is 0.463. The lowest BCUT2D eigenvalue weighted by atomic mass is 9.97. The van der Waals surface area contributed by atoms with Crippen LogP contribution >= 0.6 is 0 Å². The molecule has 30 heavy (non-hydrogen) atoms. The van der Waals surface area contributed by atoms with Gasteiger partial charge in [0.2, 0.25) is 0 Å². The molecule has 0 saturated carbocycles. The normalized spacial score (nSPS) is 17.8. The predicted octanol–water partition coefficient (Wildman–Crippen LogP) is 3.19. The van der Waals surface area contributed by atoms with Crippen LogP contribution < -0.4 is 0 Å². The average molecular weight is 426 g/mol. The lowest BCUT2D eigenvalue weighted by Gasteiger charge is -2.26.